The van der Waals surface area contributed by atoms with Crippen LogP contribution in [0.1, 0.15) is 50.0 Å². The predicted molar refractivity (Wildman–Crippen MR) is 128 cm³/mol. The number of hydrogen-bond donors (Lipinski definition) is 1. The van der Waals surface area contributed by atoms with Gasteiger partial charge in [-0.1, -0.05) is 37.3 Å². The molecule has 0 radical (unpaired) electrons. The van der Waals surface area contributed by atoms with Crippen LogP contribution in [0.4, 0.5) is 4.79 Å². The number of rotatable bonds is 4. The van der Waals surface area contributed by atoms with Crippen LogP contribution in [0.2, 0.25) is 0 Å². The number of carbonyl (C=O) groups excluding carboxylic acids is 2. The average Bonchev–Trinajstić information content (AvgIpc) is 3.16. The molecule has 2 heterocycles. The Morgan fingerprint density at radius 2 is 1.91 bits per heavy atom. The Bertz CT molecular complexity index is 1130. The summed E-state index contributed by atoms with van der Waals surface area (Å²) < 4.78 is 7.57. The van der Waals surface area contributed by atoms with E-state index >= 15 is 0 Å². The number of hydrogen-bond acceptors (Lipinski definition) is 4. The first-order valence-corrected chi connectivity index (χ1v) is 11.5. The molecule has 7 heteroatoms. The summed E-state index contributed by atoms with van der Waals surface area (Å²) in [5.41, 5.74) is 3.07. The van der Waals surface area contributed by atoms with Gasteiger partial charge in [-0.25, -0.2) is 9.78 Å². The second-order valence-electron chi connectivity index (χ2n) is 9.83. The number of piperidine rings is 1. The number of likely N-dealkylation sites (tertiary alicyclic amines) is 1. The van der Waals surface area contributed by atoms with Crippen LogP contribution in [-0.4, -0.2) is 51.2 Å². The van der Waals surface area contributed by atoms with Gasteiger partial charge in [0.2, 0.25) is 0 Å². The molecule has 1 fully saturated rings. The van der Waals surface area contributed by atoms with E-state index in [2.05, 4.69) is 33.9 Å². The minimum absolute atomic E-state index is 0.00233. The maximum Gasteiger partial charge on any atom is 0.410 e. The summed E-state index contributed by atoms with van der Waals surface area (Å²) >= 11 is 0. The van der Waals surface area contributed by atoms with E-state index < -0.39 is 5.60 Å². The molecule has 0 bridgehead atoms. The first kappa shape index (κ1) is 22.8. The number of benzene rings is 2. The van der Waals surface area contributed by atoms with Gasteiger partial charge in [-0.3, -0.25) is 4.79 Å². The fourth-order valence-corrected chi connectivity index (χ4v) is 4.22. The Labute approximate surface area is 194 Å². The summed E-state index contributed by atoms with van der Waals surface area (Å²) in [6.45, 7) is 9.50. The summed E-state index contributed by atoms with van der Waals surface area (Å²) in [5, 5.41) is 3.15. The molecule has 3 aromatic rings. The minimum Gasteiger partial charge on any atom is -0.444 e. The van der Waals surface area contributed by atoms with Gasteiger partial charge in [-0.2, -0.15) is 0 Å². The number of amides is 2. The van der Waals surface area contributed by atoms with Crippen LogP contribution in [0.25, 0.3) is 11.0 Å². The molecule has 1 saturated heterocycles. The largest absolute Gasteiger partial charge is 0.444 e. The van der Waals surface area contributed by atoms with E-state index in [1.165, 1.54) is 5.56 Å². The highest BCUT2D eigenvalue weighted by molar-refractivity contribution is 5.97. The molecule has 1 aromatic heterocycles. The quantitative estimate of drug-likeness (QED) is 0.639. The first-order valence-electron chi connectivity index (χ1n) is 11.5. The van der Waals surface area contributed by atoms with Crippen molar-refractivity contribution in [3.05, 3.63) is 66.0 Å². The number of imidazole rings is 1. The van der Waals surface area contributed by atoms with Crippen molar-refractivity contribution in [1.82, 2.24) is 19.8 Å². The number of nitrogens with zero attached hydrogens (tertiary/aromatic N) is 3. The molecule has 33 heavy (non-hydrogen) atoms. The van der Waals surface area contributed by atoms with Crippen LogP contribution < -0.4 is 5.32 Å². The molecule has 2 atom stereocenters. The fourth-order valence-electron chi connectivity index (χ4n) is 4.22. The number of aromatic nitrogens is 2. The molecule has 0 aliphatic carbocycles. The lowest BCUT2D eigenvalue weighted by molar-refractivity contribution is 0.0145. The van der Waals surface area contributed by atoms with E-state index in [9.17, 15) is 9.59 Å². The van der Waals surface area contributed by atoms with Crippen LogP contribution in [0, 0.1) is 5.92 Å². The van der Waals surface area contributed by atoms with Gasteiger partial charge in [0, 0.05) is 31.2 Å². The van der Waals surface area contributed by atoms with Crippen LogP contribution in [0.3, 0.4) is 0 Å². The number of ether oxygens (including phenoxy) is 1. The minimum atomic E-state index is -0.516. The molecule has 4 rings (SSSR count). The number of carbonyl (C=O) groups is 2. The van der Waals surface area contributed by atoms with Crippen molar-refractivity contribution in [3.8, 4) is 0 Å². The first-order chi connectivity index (χ1) is 15.7. The van der Waals surface area contributed by atoms with Crippen molar-refractivity contribution >= 4 is 23.0 Å². The van der Waals surface area contributed by atoms with Crippen LogP contribution in [-0.2, 0) is 11.3 Å². The lowest BCUT2D eigenvalue weighted by atomic mass is 9.93. The summed E-state index contributed by atoms with van der Waals surface area (Å²) in [4.78, 5) is 31.5. The molecule has 0 spiro atoms. The van der Waals surface area contributed by atoms with Crippen molar-refractivity contribution in [2.75, 3.05) is 13.1 Å². The zero-order chi connectivity index (χ0) is 23.6. The molecule has 2 amide bonds. The summed E-state index contributed by atoms with van der Waals surface area (Å²) in [7, 11) is 0. The van der Waals surface area contributed by atoms with E-state index in [0.717, 1.165) is 17.6 Å². The Morgan fingerprint density at radius 1 is 1.15 bits per heavy atom. The van der Waals surface area contributed by atoms with E-state index in [-0.39, 0.29) is 24.0 Å². The predicted octanol–water partition coefficient (Wildman–Crippen LogP) is 4.46. The van der Waals surface area contributed by atoms with Gasteiger partial charge in [0.15, 0.2) is 0 Å². The van der Waals surface area contributed by atoms with Gasteiger partial charge in [0.1, 0.15) is 5.60 Å². The molecule has 2 aromatic carbocycles. The smallest absolute Gasteiger partial charge is 0.410 e. The lowest BCUT2D eigenvalue weighted by Gasteiger charge is -2.37. The maximum absolute atomic E-state index is 13.0. The molecule has 1 aliphatic rings. The van der Waals surface area contributed by atoms with Crippen molar-refractivity contribution in [2.45, 2.75) is 52.3 Å². The Kier molecular flexibility index (Phi) is 6.40. The highest BCUT2D eigenvalue weighted by Crippen LogP contribution is 2.21. The highest BCUT2D eigenvalue weighted by atomic mass is 16.6. The van der Waals surface area contributed by atoms with Gasteiger partial charge in [0.05, 0.1) is 17.4 Å². The fraction of sp³-hybridized carbons (Fsp3) is 0.423. The second kappa shape index (κ2) is 9.25. The topological polar surface area (TPSA) is 76.5 Å². The number of nitrogens with one attached hydrogen (secondary N) is 1. The van der Waals surface area contributed by atoms with Crippen molar-refractivity contribution in [2.24, 2.45) is 5.92 Å². The third-order valence-corrected chi connectivity index (χ3v) is 5.95. The molecule has 174 valence electrons. The standard InChI is InChI=1S/C26H32N4O3/c1-18-15-29(25(32)33-26(2,3)4)13-12-21(18)28-24(31)20-10-11-23-22(14-20)27-17-30(23)16-19-8-6-5-7-9-19/h5-11,14,17-18,21H,12-13,15-16H2,1-4H3,(H,28,31). The monoisotopic (exact) mass is 448 g/mol. The lowest BCUT2D eigenvalue weighted by Crippen LogP contribution is -2.52. The molecular weight excluding hydrogens is 416 g/mol. The summed E-state index contributed by atoms with van der Waals surface area (Å²) in [6, 6.07) is 15.9. The Balaban J connectivity index is 1.38. The Morgan fingerprint density at radius 3 is 2.61 bits per heavy atom. The van der Waals surface area contributed by atoms with Gasteiger partial charge in [0.25, 0.3) is 5.91 Å². The van der Waals surface area contributed by atoms with E-state index in [1.54, 1.807) is 4.90 Å². The van der Waals surface area contributed by atoms with E-state index in [0.29, 0.717) is 25.1 Å². The van der Waals surface area contributed by atoms with Crippen molar-refractivity contribution < 1.29 is 14.3 Å². The van der Waals surface area contributed by atoms with E-state index in [4.69, 9.17) is 4.74 Å². The molecule has 0 saturated carbocycles. The Hall–Kier alpha value is -3.35. The normalized spacial score (nSPS) is 18.8. The van der Waals surface area contributed by atoms with Gasteiger partial charge in [-0.15, -0.1) is 0 Å². The van der Waals surface area contributed by atoms with Crippen LogP contribution >= 0.6 is 0 Å². The zero-order valence-corrected chi connectivity index (χ0v) is 19.7. The van der Waals surface area contributed by atoms with Gasteiger partial charge < -0.3 is 19.5 Å². The van der Waals surface area contributed by atoms with E-state index in [1.807, 2.05) is 63.5 Å². The van der Waals surface area contributed by atoms with Crippen LogP contribution in [0.15, 0.2) is 54.9 Å². The molecular formula is C26H32N4O3. The summed E-state index contributed by atoms with van der Waals surface area (Å²) in [5.74, 6) is 0.0149. The average molecular weight is 449 g/mol. The molecule has 1 aliphatic heterocycles. The highest BCUT2D eigenvalue weighted by Gasteiger charge is 2.32. The van der Waals surface area contributed by atoms with Gasteiger partial charge in [-0.05, 0) is 56.9 Å². The molecule has 1 N–H and O–H groups in total. The summed E-state index contributed by atoms with van der Waals surface area (Å²) in [6.07, 6.45) is 2.21. The zero-order valence-electron chi connectivity index (χ0n) is 19.7. The van der Waals surface area contributed by atoms with Gasteiger partial charge >= 0.3 is 6.09 Å². The van der Waals surface area contributed by atoms with Crippen molar-refractivity contribution in [3.63, 3.8) is 0 Å². The third kappa shape index (κ3) is 5.53. The second-order valence-corrected chi connectivity index (χ2v) is 9.83. The third-order valence-electron chi connectivity index (χ3n) is 5.95. The van der Waals surface area contributed by atoms with Crippen molar-refractivity contribution in [1.29, 1.82) is 0 Å². The van der Waals surface area contributed by atoms with Crippen LogP contribution in [0.5, 0.6) is 0 Å². The maximum atomic E-state index is 13.0. The molecule has 7 nitrogen and oxygen atoms in total. The SMILES string of the molecule is CC1CN(C(=O)OC(C)(C)C)CCC1NC(=O)c1ccc2c(c1)ncn2Cc1ccccc1. The number of fused-ring (bicyclic) bond motifs is 1. The molecule has 2 unspecified atom stereocenters.